The van der Waals surface area contributed by atoms with Crippen molar-refractivity contribution in [3.05, 3.63) is 70.4 Å². The van der Waals surface area contributed by atoms with Gasteiger partial charge in [-0.15, -0.1) is 0 Å². The summed E-state index contributed by atoms with van der Waals surface area (Å²) < 4.78 is 0. The zero-order valence-corrected chi connectivity index (χ0v) is 14.3. The minimum absolute atomic E-state index is 0.183. The first-order chi connectivity index (χ1) is 12.2. The van der Waals surface area contributed by atoms with E-state index in [1.165, 1.54) is 29.5 Å². The Balaban J connectivity index is 1.55. The second-order valence-corrected chi connectivity index (χ2v) is 6.61. The molecule has 1 aliphatic rings. The molecule has 2 aromatic carbocycles. The summed E-state index contributed by atoms with van der Waals surface area (Å²) in [5.41, 5.74) is 9.22. The second-order valence-electron chi connectivity index (χ2n) is 6.61. The predicted molar refractivity (Wildman–Crippen MR) is 101 cm³/mol. The number of carbonyl (C=O) groups excluding carboxylic acids is 1. The van der Waals surface area contributed by atoms with Gasteiger partial charge in [0, 0.05) is 22.2 Å². The number of fused-ring (bicyclic) bond motifs is 3. The number of aromatic nitrogens is 1. The van der Waals surface area contributed by atoms with E-state index in [0.717, 1.165) is 29.5 Å². The van der Waals surface area contributed by atoms with Gasteiger partial charge in [0.15, 0.2) is 0 Å². The molecule has 0 bridgehead atoms. The van der Waals surface area contributed by atoms with Crippen LogP contribution in [0.1, 0.15) is 45.6 Å². The van der Waals surface area contributed by atoms with Crippen LogP contribution >= 0.6 is 0 Å². The molecule has 3 aromatic rings. The molecule has 126 valence electrons. The fourth-order valence-electron chi connectivity index (χ4n) is 3.50. The Bertz CT molecular complexity index is 968. The van der Waals surface area contributed by atoms with Crippen LogP contribution in [0.15, 0.2) is 47.6 Å². The monoisotopic (exact) mass is 331 g/mol. The Hall–Kier alpha value is -2.88. The van der Waals surface area contributed by atoms with Crippen LogP contribution in [0.3, 0.4) is 0 Å². The van der Waals surface area contributed by atoms with E-state index in [0.29, 0.717) is 5.56 Å². The number of hydrazone groups is 1. The first-order valence-electron chi connectivity index (χ1n) is 8.75. The molecule has 4 nitrogen and oxygen atoms in total. The topological polar surface area (TPSA) is 57.2 Å². The minimum atomic E-state index is -0.183. The number of nitrogens with one attached hydrogen (secondary N) is 2. The molecule has 0 spiro atoms. The van der Waals surface area contributed by atoms with Crippen molar-refractivity contribution in [2.75, 3.05) is 0 Å². The highest BCUT2D eigenvalue weighted by Crippen LogP contribution is 2.29. The first-order valence-corrected chi connectivity index (χ1v) is 8.75. The van der Waals surface area contributed by atoms with E-state index in [4.69, 9.17) is 0 Å². The third-order valence-electron chi connectivity index (χ3n) is 4.92. The molecular weight excluding hydrogens is 310 g/mol. The Morgan fingerprint density at radius 3 is 2.88 bits per heavy atom. The summed E-state index contributed by atoms with van der Waals surface area (Å²) in [4.78, 5) is 15.9. The van der Waals surface area contributed by atoms with Gasteiger partial charge in [-0.3, -0.25) is 4.79 Å². The highest BCUT2D eigenvalue weighted by Gasteiger charge is 2.16. The summed E-state index contributed by atoms with van der Waals surface area (Å²) in [5, 5.41) is 5.27. The summed E-state index contributed by atoms with van der Waals surface area (Å²) in [5.74, 6) is -0.183. The van der Waals surface area contributed by atoms with E-state index in [9.17, 15) is 4.79 Å². The van der Waals surface area contributed by atoms with Crippen molar-refractivity contribution >= 4 is 23.0 Å². The van der Waals surface area contributed by atoms with Gasteiger partial charge in [-0.2, -0.15) is 5.10 Å². The number of benzene rings is 2. The van der Waals surface area contributed by atoms with Crippen molar-refractivity contribution in [3.63, 3.8) is 0 Å². The van der Waals surface area contributed by atoms with E-state index in [-0.39, 0.29) is 5.91 Å². The average Bonchev–Trinajstić information content (AvgIpc) is 3.01. The predicted octanol–water partition coefficient (Wildman–Crippen LogP) is 4.12. The SMILES string of the molecule is Cc1ccccc1/C=N\NC(=O)c1ccc2[nH]c3c(c2c1)CCCC3. The van der Waals surface area contributed by atoms with Crippen LogP contribution in [0.4, 0.5) is 0 Å². The van der Waals surface area contributed by atoms with E-state index in [2.05, 4.69) is 15.5 Å². The Morgan fingerprint density at radius 1 is 1.16 bits per heavy atom. The summed E-state index contributed by atoms with van der Waals surface area (Å²) in [6, 6.07) is 13.8. The van der Waals surface area contributed by atoms with Crippen molar-refractivity contribution in [1.82, 2.24) is 10.4 Å². The molecule has 1 heterocycles. The Labute approximate surface area is 147 Å². The maximum atomic E-state index is 12.4. The maximum Gasteiger partial charge on any atom is 0.271 e. The van der Waals surface area contributed by atoms with Crippen LogP contribution in [0.25, 0.3) is 10.9 Å². The van der Waals surface area contributed by atoms with E-state index >= 15 is 0 Å². The van der Waals surface area contributed by atoms with Gasteiger partial charge in [-0.1, -0.05) is 24.3 Å². The number of H-pyrrole nitrogens is 1. The van der Waals surface area contributed by atoms with Crippen molar-refractivity contribution < 1.29 is 4.79 Å². The number of hydrogen-bond donors (Lipinski definition) is 2. The van der Waals surface area contributed by atoms with Crippen molar-refractivity contribution in [2.45, 2.75) is 32.6 Å². The van der Waals surface area contributed by atoms with Crippen molar-refractivity contribution in [3.8, 4) is 0 Å². The number of aromatic amines is 1. The molecule has 0 unspecified atom stereocenters. The summed E-state index contributed by atoms with van der Waals surface area (Å²) in [6.45, 7) is 2.02. The molecule has 4 rings (SSSR count). The molecule has 2 N–H and O–H groups in total. The molecule has 1 amide bonds. The van der Waals surface area contributed by atoms with Gasteiger partial charge in [0.2, 0.25) is 0 Å². The standard InChI is InChI=1S/C21H21N3O/c1-14-6-2-3-7-16(14)13-22-24-21(25)15-10-11-20-18(12-15)17-8-4-5-9-19(17)23-20/h2-3,6-7,10-13,23H,4-5,8-9H2,1H3,(H,24,25)/b22-13-. The molecule has 0 aliphatic heterocycles. The van der Waals surface area contributed by atoms with Gasteiger partial charge in [0.25, 0.3) is 5.91 Å². The number of hydrogen-bond acceptors (Lipinski definition) is 2. The van der Waals surface area contributed by atoms with Gasteiger partial charge in [-0.25, -0.2) is 5.43 Å². The van der Waals surface area contributed by atoms with Crippen LogP contribution in [-0.2, 0) is 12.8 Å². The second kappa shape index (κ2) is 6.55. The fraction of sp³-hybridized carbons (Fsp3) is 0.238. The summed E-state index contributed by atoms with van der Waals surface area (Å²) in [6.07, 6.45) is 6.33. The molecule has 0 saturated heterocycles. The molecule has 1 aliphatic carbocycles. The molecule has 4 heteroatoms. The van der Waals surface area contributed by atoms with Crippen LogP contribution < -0.4 is 5.43 Å². The minimum Gasteiger partial charge on any atom is -0.358 e. The first kappa shape index (κ1) is 15.6. The van der Waals surface area contributed by atoms with Crippen LogP contribution in [0.2, 0.25) is 0 Å². The Morgan fingerprint density at radius 2 is 2.00 bits per heavy atom. The molecular formula is C21H21N3O. The van der Waals surface area contributed by atoms with Crippen LogP contribution in [0.5, 0.6) is 0 Å². The number of carbonyl (C=O) groups is 1. The van der Waals surface area contributed by atoms with E-state index in [1.807, 2.05) is 49.4 Å². The number of amides is 1. The van der Waals surface area contributed by atoms with Crippen LogP contribution in [-0.4, -0.2) is 17.1 Å². The lowest BCUT2D eigenvalue weighted by atomic mass is 9.95. The van der Waals surface area contributed by atoms with Crippen molar-refractivity contribution in [1.29, 1.82) is 0 Å². The van der Waals surface area contributed by atoms with Gasteiger partial charge in [0.05, 0.1) is 6.21 Å². The smallest absolute Gasteiger partial charge is 0.271 e. The third kappa shape index (κ3) is 3.07. The third-order valence-corrected chi connectivity index (χ3v) is 4.92. The van der Waals surface area contributed by atoms with Crippen molar-refractivity contribution in [2.24, 2.45) is 5.10 Å². The number of rotatable bonds is 3. The fourth-order valence-corrected chi connectivity index (χ4v) is 3.50. The molecule has 0 saturated carbocycles. The van der Waals surface area contributed by atoms with Gasteiger partial charge in [0.1, 0.15) is 0 Å². The number of nitrogens with zero attached hydrogens (tertiary/aromatic N) is 1. The molecule has 0 atom stereocenters. The zero-order valence-electron chi connectivity index (χ0n) is 14.3. The molecule has 0 radical (unpaired) electrons. The van der Waals surface area contributed by atoms with Gasteiger partial charge >= 0.3 is 0 Å². The van der Waals surface area contributed by atoms with Gasteiger partial charge in [-0.05, 0) is 67.5 Å². The Kier molecular flexibility index (Phi) is 4.10. The quantitative estimate of drug-likeness (QED) is 0.550. The average molecular weight is 331 g/mol. The summed E-state index contributed by atoms with van der Waals surface area (Å²) in [7, 11) is 0. The molecule has 25 heavy (non-hydrogen) atoms. The molecule has 1 aromatic heterocycles. The highest BCUT2D eigenvalue weighted by molar-refractivity contribution is 5.99. The molecule has 0 fully saturated rings. The lowest BCUT2D eigenvalue weighted by molar-refractivity contribution is 0.0955. The summed E-state index contributed by atoms with van der Waals surface area (Å²) >= 11 is 0. The highest BCUT2D eigenvalue weighted by atomic mass is 16.2. The number of aryl methyl sites for hydroxylation is 3. The van der Waals surface area contributed by atoms with E-state index < -0.39 is 0 Å². The normalized spacial score (nSPS) is 14.0. The largest absolute Gasteiger partial charge is 0.358 e. The lowest BCUT2D eigenvalue weighted by Gasteiger charge is -2.10. The zero-order chi connectivity index (χ0) is 17.2. The van der Waals surface area contributed by atoms with Gasteiger partial charge < -0.3 is 4.98 Å². The lowest BCUT2D eigenvalue weighted by Crippen LogP contribution is -2.17. The van der Waals surface area contributed by atoms with E-state index in [1.54, 1.807) is 6.21 Å². The maximum absolute atomic E-state index is 12.4. The van der Waals surface area contributed by atoms with Crippen LogP contribution in [0, 0.1) is 6.92 Å².